The lowest BCUT2D eigenvalue weighted by molar-refractivity contribution is 0.387. The van der Waals surface area contributed by atoms with Gasteiger partial charge in [-0.25, -0.2) is 0 Å². The summed E-state index contributed by atoms with van der Waals surface area (Å²) in [5.41, 5.74) is 1.90. The molecule has 0 atom stereocenters. The minimum atomic E-state index is -4.14. The average Bonchev–Trinajstić information content (AvgIpc) is 2.24. The Hall–Kier alpha value is -0.630. The smallest absolute Gasteiger partial charge is 0.321 e. The maximum atomic E-state index is 11.4. The zero-order chi connectivity index (χ0) is 12.2. The standard InChI is InChI=1S/C12H19O3P/c1-3-5-8-11-10(4-2)7-6-9-12(11)16(13,14)15/h6-7,9H,3-5,8H2,1-2H3,(H2,13,14,15). The summed E-state index contributed by atoms with van der Waals surface area (Å²) in [4.78, 5) is 18.6. The van der Waals surface area contributed by atoms with Crippen LogP contribution in [0.2, 0.25) is 0 Å². The maximum Gasteiger partial charge on any atom is 0.356 e. The van der Waals surface area contributed by atoms with E-state index < -0.39 is 7.60 Å². The second-order valence-corrected chi connectivity index (χ2v) is 5.49. The molecule has 0 unspecified atom stereocenters. The molecule has 0 amide bonds. The van der Waals surface area contributed by atoms with Gasteiger partial charge in [0.15, 0.2) is 0 Å². The number of rotatable bonds is 5. The molecule has 0 saturated carbocycles. The van der Waals surface area contributed by atoms with Crippen molar-refractivity contribution < 1.29 is 14.4 Å². The summed E-state index contributed by atoms with van der Waals surface area (Å²) < 4.78 is 11.4. The largest absolute Gasteiger partial charge is 0.356 e. The Morgan fingerprint density at radius 1 is 1.25 bits per heavy atom. The van der Waals surface area contributed by atoms with Crippen molar-refractivity contribution in [2.75, 3.05) is 0 Å². The van der Waals surface area contributed by atoms with Crippen molar-refractivity contribution in [3.8, 4) is 0 Å². The van der Waals surface area contributed by atoms with E-state index in [9.17, 15) is 14.4 Å². The number of hydrogen-bond donors (Lipinski definition) is 2. The number of unbranched alkanes of at least 4 members (excludes halogenated alkanes) is 1. The molecule has 0 saturated heterocycles. The van der Waals surface area contributed by atoms with E-state index in [1.165, 1.54) is 0 Å². The first kappa shape index (κ1) is 13.4. The van der Waals surface area contributed by atoms with E-state index in [-0.39, 0.29) is 5.30 Å². The normalized spacial score (nSPS) is 11.8. The first-order valence-electron chi connectivity index (χ1n) is 5.67. The van der Waals surface area contributed by atoms with E-state index in [1.54, 1.807) is 12.1 Å². The van der Waals surface area contributed by atoms with E-state index in [2.05, 4.69) is 6.92 Å². The minimum Gasteiger partial charge on any atom is -0.321 e. The number of hydrogen-bond acceptors (Lipinski definition) is 1. The van der Waals surface area contributed by atoms with Crippen molar-refractivity contribution in [2.45, 2.75) is 39.5 Å². The molecule has 4 heteroatoms. The van der Waals surface area contributed by atoms with Gasteiger partial charge in [-0.1, -0.05) is 32.4 Å². The molecule has 16 heavy (non-hydrogen) atoms. The van der Waals surface area contributed by atoms with Crippen LogP contribution >= 0.6 is 7.60 Å². The Bertz CT molecular complexity index is 395. The molecule has 0 aliphatic carbocycles. The van der Waals surface area contributed by atoms with Crippen LogP contribution in [0.25, 0.3) is 0 Å². The first-order valence-corrected chi connectivity index (χ1v) is 7.28. The van der Waals surface area contributed by atoms with E-state index >= 15 is 0 Å². The first-order chi connectivity index (χ1) is 7.50. The zero-order valence-corrected chi connectivity index (χ0v) is 10.7. The van der Waals surface area contributed by atoms with Crippen molar-refractivity contribution in [3.05, 3.63) is 29.3 Å². The lowest BCUT2D eigenvalue weighted by Crippen LogP contribution is -2.13. The summed E-state index contributed by atoms with van der Waals surface area (Å²) in [6.07, 6.45) is 3.55. The highest BCUT2D eigenvalue weighted by molar-refractivity contribution is 7.60. The molecule has 0 aliphatic rings. The Morgan fingerprint density at radius 2 is 1.94 bits per heavy atom. The van der Waals surface area contributed by atoms with Gasteiger partial charge in [-0.15, -0.1) is 0 Å². The lowest BCUT2D eigenvalue weighted by atomic mass is 10.0. The van der Waals surface area contributed by atoms with Crippen LogP contribution in [0.1, 0.15) is 37.8 Å². The lowest BCUT2D eigenvalue weighted by Gasteiger charge is -2.14. The fourth-order valence-electron chi connectivity index (χ4n) is 1.87. The van der Waals surface area contributed by atoms with Gasteiger partial charge < -0.3 is 9.79 Å². The molecule has 0 radical (unpaired) electrons. The molecule has 0 heterocycles. The minimum absolute atomic E-state index is 0.209. The summed E-state index contributed by atoms with van der Waals surface area (Å²) >= 11 is 0. The average molecular weight is 242 g/mol. The molecular formula is C12H19O3P. The van der Waals surface area contributed by atoms with E-state index in [4.69, 9.17) is 0 Å². The molecule has 0 aromatic heterocycles. The van der Waals surface area contributed by atoms with Crippen LogP contribution in [0.15, 0.2) is 18.2 Å². The summed E-state index contributed by atoms with van der Waals surface area (Å²) in [6, 6.07) is 5.22. The van der Waals surface area contributed by atoms with Crippen molar-refractivity contribution in [3.63, 3.8) is 0 Å². The van der Waals surface area contributed by atoms with Gasteiger partial charge in [0, 0.05) is 0 Å². The second kappa shape index (κ2) is 5.62. The third-order valence-corrected chi connectivity index (χ3v) is 3.77. The fourth-order valence-corrected chi connectivity index (χ4v) is 2.75. The van der Waals surface area contributed by atoms with Gasteiger partial charge in [0.1, 0.15) is 0 Å². The van der Waals surface area contributed by atoms with Gasteiger partial charge in [0.2, 0.25) is 0 Å². The molecule has 0 spiro atoms. The van der Waals surface area contributed by atoms with Crippen LogP contribution in [-0.4, -0.2) is 9.79 Å². The van der Waals surface area contributed by atoms with Crippen LogP contribution in [0.4, 0.5) is 0 Å². The molecule has 3 nitrogen and oxygen atoms in total. The summed E-state index contributed by atoms with van der Waals surface area (Å²) in [6.45, 7) is 4.08. The predicted octanol–water partition coefficient (Wildman–Crippen LogP) is 2.39. The van der Waals surface area contributed by atoms with Crippen LogP contribution in [0.5, 0.6) is 0 Å². The van der Waals surface area contributed by atoms with Crippen molar-refractivity contribution in [1.82, 2.24) is 0 Å². The van der Waals surface area contributed by atoms with Crippen LogP contribution in [0, 0.1) is 0 Å². The number of aryl methyl sites for hydroxylation is 1. The van der Waals surface area contributed by atoms with Gasteiger partial charge >= 0.3 is 7.60 Å². The van der Waals surface area contributed by atoms with E-state index in [0.29, 0.717) is 0 Å². The summed E-state index contributed by atoms with van der Waals surface area (Å²) in [7, 11) is -4.14. The van der Waals surface area contributed by atoms with Crippen LogP contribution in [-0.2, 0) is 17.4 Å². The molecule has 0 fully saturated rings. The summed E-state index contributed by atoms with van der Waals surface area (Å²) in [5.74, 6) is 0. The van der Waals surface area contributed by atoms with E-state index in [0.717, 1.165) is 36.8 Å². The van der Waals surface area contributed by atoms with E-state index in [1.807, 2.05) is 13.0 Å². The maximum absolute atomic E-state index is 11.4. The highest BCUT2D eigenvalue weighted by atomic mass is 31.2. The fraction of sp³-hybridized carbons (Fsp3) is 0.500. The van der Waals surface area contributed by atoms with Gasteiger partial charge in [-0.3, -0.25) is 4.57 Å². The Morgan fingerprint density at radius 3 is 2.44 bits per heavy atom. The SMILES string of the molecule is CCCCc1c(CC)cccc1P(=O)(O)O. The Labute approximate surface area is 96.7 Å². The highest BCUT2D eigenvalue weighted by Gasteiger charge is 2.22. The predicted molar refractivity (Wildman–Crippen MR) is 66.1 cm³/mol. The molecule has 1 aromatic carbocycles. The van der Waals surface area contributed by atoms with Crippen LogP contribution in [0.3, 0.4) is 0 Å². The van der Waals surface area contributed by atoms with Gasteiger partial charge in [0.05, 0.1) is 5.30 Å². The van der Waals surface area contributed by atoms with Gasteiger partial charge in [-0.05, 0) is 36.5 Å². The Balaban J connectivity index is 3.21. The number of benzene rings is 1. The monoisotopic (exact) mass is 242 g/mol. The highest BCUT2D eigenvalue weighted by Crippen LogP contribution is 2.36. The molecule has 1 aromatic rings. The molecular weight excluding hydrogens is 223 g/mol. The van der Waals surface area contributed by atoms with Gasteiger partial charge in [0.25, 0.3) is 0 Å². The molecule has 0 bridgehead atoms. The Kier molecular flexibility index (Phi) is 4.72. The molecule has 1 rings (SSSR count). The quantitative estimate of drug-likeness (QED) is 0.779. The molecule has 2 N–H and O–H groups in total. The van der Waals surface area contributed by atoms with Crippen molar-refractivity contribution in [1.29, 1.82) is 0 Å². The zero-order valence-electron chi connectivity index (χ0n) is 9.81. The van der Waals surface area contributed by atoms with Crippen LogP contribution < -0.4 is 5.30 Å². The third kappa shape index (κ3) is 3.18. The second-order valence-electron chi connectivity index (χ2n) is 3.92. The topological polar surface area (TPSA) is 57.5 Å². The summed E-state index contributed by atoms with van der Waals surface area (Å²) in [5, 5.41) is 0.209. The van der Waals surface area contributed by atoms with Crippen molar-refractivity contribution >= 4 is 12.9 Å². The molecule has 90 valence electrons. The third-order valence-electron chi connectivity index (χ3n) is 2.72. The van der Waals surface area contributed by atoms with Gasteiger partial charge in [-0.2, -0.15) is 0 Å². The van der Waals surface area contributed by atoms with Crippen molar-refractivity contribution in [2.24, 2.45) is 0 Å². The molecule has 0 aliphatic heterocycles.